The van der Waals surface area contributed by atoms with Gasteiger partial charge in [0, 0.05) is 16.7 Å². The zero-order valence-electron chi connectivity index (χ0n) is 30.0. The van der Waals surface area contributed by atoms with Crippen LogP contribution in [0.4, 0.5) is 13.2 Å². The second-order valence-electron chi connectivity index (χ2n) is 10.7. The highest BCUT2D eigenvalue weighted by Gasteiger charge is 2.04. The first-order chi connectivity index (χ1) is 27.4. The van der Waals surface area contributed by atoms with Crippen LogP contribution in [0.15, 0.2) is 132 Å². The molecule has 0 aliphatic heterocycles. The van der Waals surface area contributed by atoms with Crippen molar-refractivity contribution in [2.75, 3.05) is 14.2 Å². The minimum atomic E-state index is -0.977. The van der Waals surface area contributed by atoms with Crippen molar-refractivity contribution in [2.45, 2.75) is 0 Å². The zero-order chi connectivity index (χ0) is 41.6. The van der Waals surface area contributed by atoms with E-state index in [0.29, 0.717) is 32.7 Å². The normalized spacial score (nSPS) is 9.21. The number of pyridine rings is 3. The molecule has 6 rings (SSSR count). The molecule has 3 aromatic heterocycles. The predicted molar refractivity (Wildman–Crippen MR) is 209 cm³/mol. The molecule has 0 aliphatic rings. The molecule has 3 aromatic carbocycles. The summed E-state index contributed by atoms with van der Waals surface area (Å²) in [5, 5.41) is 8.73. The monoisotopic (exact) mass is 831 g/mol. The number of hydrogen-bond acceptors (Lipinski definition) is 8. The number of carboxylic acid groups (broad SMARTS) is 1. The van der Waals surface area contributed by atoms with E-state index in [-0.39, 0.29) is 23.3 Å². The number of methoxy groups -OCH3 is 2. The number of benzene rings is 3. The lowest BCUT2D eigenvalue weighted by Crippen LogP contribution is -2.00. The van der Waals surface area contributed by atoms with Crippen molar-refractivity contribution in [3.8, 4) is 36.0 Å². The molecule has 0 saturated carbocycles. The fourth-order valence-electron chi connectivity index (χ4n) is 3.85. The van der Waals surface area contributed by atoms with E-state index in [1.54, 1.807) is 66.7 Å². The van der Waals surface area contributed by atoms with E-state index in [1.807, 2.05) is 0 Å². The molecule has 3 heterocycles. The summed E-state index contributed by atoms with van der Waals surface area (Å²) in [4.78, 5) is 44.1. The number of esters is 2. The Balaban J connectivity index is 0.000000213. The number of hydrogen-bond donors (Lipinski definition) is 1. The first-order valence-corrected chi connectivity index (χ1v) is 16.9. The molecule has 57 heavy (non-hydrogen) atoms. The quantitative estimate of drug-likeness (QED) is 0.107. The van der Waals surface area contributed by atoms with Crippen molar-refractivity contribution >= 4 is 33.8 Å². The van der Waals surface area contributed by atoms with Gasteiger partial charge >= 0.3 is 17.9 Å². The molecular weight excluding hydrogens is 803 g/mol. The minimum absolute atomic E-state index is 0.209. The highest BCUT2D eigenvalue weighted by Crippen LogP contribution is 2.07. The van der Waals surface area contributed by atoms with Crippen LogP contribution in [0, 0.1) is 53.5 Å². The zero-order valence-corrected chi connectivity index (χ0v) is 31.6. The molecule has 6 aromatic rings. The summed E-state index contributed by atoms with van der Waals surface area (Å²) in [6.45, 7) is 0. The number of carbonyl (C=O) groups excluding carboxylic acids is 2. The molecule has 9 nitrogen and oxygen atoms in total. The molecule has 0 spiro atoms. The summed E-state index contributed by atoms with van der Waals surface area (Å²) in [7, 11) is 2.67. The first kappa shape index (κ1) is 43.9. The lowest BCUT2D eigenvalue weighted by atomic mass is 10.1. The Hall–Kier alpha value is -7.53. The maximum absolute atomic E-state index is 12.6. The van der Waals surface area contributed by atoms with E-state index in [9.17, 15) is 27.6 Å². The van der Waals surface area contributed by atoms with Gasteiger partial charge in [0.2, 0.25) is 0 Å². The average Bonchev–Trinajstić information content (AvgIpc) is 3.24. The van der Waals surface area contributed by atoms with Gasteiger partial charge in [-0.2, -0.15) is 0 Å². The van der Waals surface area contributed by atoms with Gasteiger partial charge in [0.1, 0.15) is 33.4 Å². The van der Waals surface area contributed by atoms with Crippen LogP contribution in [0.25, 0.3) is 0 Å². The predicted octanol–water partition coefficient (Wildman–Crippen LogP) is 8.16. The van der Waals surface area contributed by atoms with Crippen molar-refractivity contribution in [2.24, 2.45) is 0 Å². The number of terminal acetylenes is 1. The minimum Gasteiger partial charge on any atom is -0.478 e. The average molecular weight is 833 g/mol. The Morgan fingerprint density at radius 3 is 1.21 bits per heavy atom. The van der Waals surface area contributed by atoms with E-state index in [2.05, 4.69) is 70.0 Å². The van der Waals surface area contributed by atoms with Gasteiger partial charge in [0.15, 0.2) is 0 Å². The molecule has 0 unspecified atom stereocenters. The lowest BCUT2D eigenvalue weighted by Gasteiger charge is -1.98. The summed E-state index contributed by atoms with van der Waals surface area (Å²) in [5.41, 5.74) is 4.29. The van der Waals surface area contributed by atoms with Gasteiger partial charge in [-0.25, -0.2) is 42.5 Å². The molecule has 0 fully saturated rings. The van der Waals surface area contributed by atoms with Crippen LogP contribution in [-0.2, 0) is 9.47 Å². The molecule has 13 heteroatoms. The number of carbonyl (C=O) groups is 3. The molecule has 0 aliphatic carbocycles. The van der Waals surface area contributed by atoms with Gasteiger partial charge in [-0.3, -0.25) is 0 Å². The summed E-state index contributed by atoms with van der Waals surface area (Å²) in [5.74, 6) is 10.9. The second-order valence-corrected chi connectivity index (χ2v) is 11.5. The van der Waals surface area contributed by atoms with Crippen LogP contribution in [0.2, 0.25) is 0 Å². The molecule has 0 atom stereocenters. The summed E-state index contributed by atoms with van der Waals surface area (Å²) in [6, 6.07) is 28.0. The third-order valence-electron chi connectivity index (χ3n) is 6.73. The molecule has 284 valence electrons. The highest BCUT2D eigenvalue weighted by atomic mass is 79.9. The van der Waals surface area contributed by atoms with Gasteiger partial charge in [0.25, 0.3) is 0 Å². The topological polar surface area (TPSA) is 129 Å². The smallest absolute Gasteiger partial charge is 0.337 e. The molecule has 1 N–H and O–H groups in total. The number of aromatic carboxylic acids is 1. The van der Waals surface area contributed by atoms with E-state index >= 15 is 0 Å². The number of nitrogens with zero attached hydrogens (tertiary/aromatic N) is 3. The van der Waals surface area contributed by atoms with Crippen LogP contribution < -0.4 is 0 Å². The largest absolute Gasteiger partial charge is 0.478 e. The van der Waals surface area contributed by atoms with Gasteiger partial charge in [0.05, 0.1) is 49.5 Å². The van der Waals surface area contributed by atoms with Crippen molar-refractivity contribution in [1.29, 1.82) is 0 Å². The van der Waals surface area contributed by atoms with Gasteiger partial charge in [-0.15, -0.1) is 6.42 Å². The highest BCUT2D eigenvalue weighted by molar-refractivity contribution is 9.10. The Bertz CT molecular complexity index is 2400. The number of rotatable bonds is 3. The summed E-state index contributed by atoms with van der Waals surface area (Å²) < 4.78 is 47.0. The maximum atomic E-state index is 12.6. The van der Waals surface area contributed by atoms with Crippen molar-refractivity contribution in [1.82, 2.24) is 15.0 Å². The van der Waals surface area contributed by atoms with Crippen LogP contribution >= 0.6 is 15.9 Å². The Labute approximate surface area is 334 Å². The third kappa shape index (κ3) is 16.2. The van der Waals surface area contributed by atoms with Crippen LogP contribution in [0.3, 0.4) is 0 Å². The number of ether oxygens (including phenoxy) is 2. The van der Waals surface area contributed by atoms with E-state index in [0.717, 1.165) is 29.7 Å². The first-order valence-electron chi connectivity index (χ1n) is 16.1. The Kier molecular flexibility index (Phi) is 17.9. The molecule has 0 radical (unpaired) electrons. The molecule has 0 saturated heterocycles. The van der Waals surface area contributed by atoms with Crippen LogP contribution in [0.5, 0.6) is 0 Å². The van der Waals surface area contributed by atoms with Crippen molar-refractivity contribution < 1.29 is 42.1 Å². The lowest BCUT2D eigenvalue weighted by molar-refractivity contribution is 0.0592. The number of halogens is 4. The number of aromatic nitrogens is 3. The van der Waals surface area contributed by atoms with E-state index < -0.39 is 17.6 Å². The molecule has 0 amide bonds. The van der Waals surface area contributed by atoms with E-state index in [1.165, 1.54) is 56.7 Å². The van der Waals surface area contributed by atoms with Gasteiger partial charge in [-0.05, 0) is 137 Å². The molecular formula is C44H29BrF3N3O6. The summed E-state index contributed by atoms with van der Waals surface area (Å²) in [6.07, 6.45) is 8.51. The third-order valence-corrected chi connectivity index (χ3v) is 7.20. The fraction of sp³-hybridized carbons (Fsp3) is 0.0455. The Morgan fingerprint density at radius 2 is 0.912 bits per heavy atom. The van der Waals surface area contributed by atoms with Gasteiger partial charge < -0.3 is 14.6 Å². The van der Waals surface area contributed by atoms with Crippen LogP contribution in [0.1, 0.15) is 59.2 Å². The number of carboxylic acids is 1. The van der Waals surface area contributed by atoms with Crippen molar-refractivity contribution in [3.05, 3.63) is 195 Å². The fourth-order valence-corrected chi connectivity index (χ4v) is 4.09. The second kappa shape index (κ2) is 23.3. The van der Waals surface area contributed by atoms with Crippen molar-refractivity contribution in [3.63, 3.8) is 0 Å². The Morgan fingerprint density at radius 1 is 0.544 bits per heavy atom. The summed E-state index contributed by atoms with van der Waals surface area (Å²) >= 11 is 3.07. The standard InChI is InChI=1S/C15H10FNO2.C14H8FNO2.C10H8O2.C5H3BrFN/c1-19-15(18)12-5-2-11(3-6-12)4-8-14-9-7-13(16)10-17-14;15-12-6-8-13(16-9-12)7-3-10-1-4-11(5-2-10)14(17)18;1-3-8-4-6-9(7-5-8)10(11)12-2;6-5-2-1-4(7)3-8-5/h2-3,5-7,9-10H,1H3;1-2,4-6,8-9H,(H,17,18);1,4-7H,2H3;1-3H. The van der Waals surface area contributed by atoms with E-state index in [4.69, 9.17) is 11.5 Å². The van der Waals surface area contributed by atoms with Gasteiger partial charge in [-0.1, -0.05) is 17.8 Å². The maximum Gasteiger partial charge on any atom is 0.337 e. The SMILES string of the molecule is C#Cc1ccc(C(=O)OC)cc1.COC(=O)c1ccc(C#Cc2ccc(F)cn2)cc1.Fc1ccc(Br)nc1.O=C(O)c1ccc(C#Cc2ccc(F)cn2)cc1. The van der Waals surface area contributed by atoms with Crippen LogP contribution in [-0.4, -0.2) is 52.2 Å². The molecule has 0 bridgehead atoms.